The third kappa shape index (κ3) is 2.62. The number of carbonyl (C=O) groups is 1. The maximum Gasteiger partial charge on any atom is 0.267 e. The molecule has 1 saturated heterocycles. The summed E-state index contributed by atoms with van der Waals surface area (Å²) in [4.78, 5) is 13.6. The van der Waals surface area contributed by atoms with Gasteiger partial charge < -0.3 is 10.0 Å². The van der Waals surface area contributed by atoms with Gasteiger partial charge in [-0.15, -0.1) is 0 Å². The van der Waals surface area contributed by atoms with Crippen LogP contribution in [0, 0.1) is 5.82 Å². The Bertz CT molecular complexity index is 1030. The highest BCUT2D eigenvalue weighted by molar-refractivity contribution is 7.92. The van der Waals surface area contributed by atoms with E-state index in [0.29, 0.717) is 5.69 Å². The molecule has 2 heterocycles. The number of halogens is 1. The number of benzene rings is 2. The Kier molecular flexibility index (Phi) is 4.63. The molecular weight excluding hydrogens is 383 g/mol. The summed E-state index contributed by atoms with van der Waals surface area (Å²) < 4.78 is 42.0. The van der Waals surface area contributed by atoms with Crippen molar-refractivity contribution in [2.45, 2.75) is 36.2 Å². The lowest BCUT2D eigenvalue weighted by Gasteiger charge is -2.58. The van der Waals surface area contributed by atoms with Crippen LogP contribution in [0.2, 0.25) is 0 Å². The summed E-state index contributed by atoms with van der Waals surface area (Å²) in [5, 5.41) is 9.83. The SMILES string of the molecule is CCC(=O)N1[C@@H](CO)[C@@H]2c3ccccc3N(S(=O)(=O)c3ccccc3F)C[C@@H]21. The molecule has 4 rings (SSSR count). The molecule has 0 aromatic heterocycles. The third-order valence-corrected chi connectivity index (χ3v) is 7.46. The number of aliphatic hydroxyl groups excluding tert-OH is 1. The quantitative estimate of drug-likeness (QED) is 0.847. The Hall–Kier alpha value is -2.45. The molecule has 2 aromatic rings. The van der Waals surface area contributed by atoms with Crippen LogP contribution in [0.5, 0.6) is 0 Å². The zero-order valence-corrected chi connectivity index (χ0v) is 16.1. The van der Waals surface area contributed by atoms with Crippen LogP contribution >= 0.6 is 0 Å². The van der Waals surface area contributed by atoms with Crippen molar-refractivity contribution in [3.63, 3.8) is 0 Å². The predicted molar refractivity (Wildman–Crippen MR) is 102 cm³/mol. The Morgan fingerprint density at radius 1 is 1.18 bits per heavy atom. The number of anilines is 1. The van der Waals surface area contributed by atoms with Crippen LogP contribution in [-0.4, -0.2) is 49.6 Å². The minimum atomic E-state index is -4.15. The van der Waals surface area contributed by atoms with Crippen LogP contribution in [0.4, 0.5) is 10.1 Å². The summed E-state index contributed by atoms with van der Waals surface area (Å²) in [5.41, 5.74) is 1.21. The molecule has 3 atom stereocenters. The standard InChI is InChI=1S/C20H21FN2O4S/c1-2-19(25)23-16-11-22(28(26,27)18-10-6-4-8-14(18)21)15-9-5-3-7-13(15)20(16)17(23)12-24/h3-10,16-17,20,24H,2,11-12H2,1H3/t16-,17-,20+/m0/s1. The van der Waals surface area contributed by atoms with Gasteiger partial charge in [0.25, 0.3) is 10.0 Å². The summed E-state index contributed by atoms with van der Waals surface area (Å²) in [5.74, 6) is -1.10. The van der Waals surface area contributed by atoms with E-state index in [4.69, 9.17) is 0 Å². The number of aliphatic hydroxyl groups is 1. The van der Waals surface area contributed by atoms with Crippen molar-refractivity contribution < 1.29 is 22.7 Å². The first-order valence-corrected chi connectivity index (χ1v) is 10.6. The van der Waals surface area contributed by atoms with E-state index in [0.717, 1.165) is 11.6 Å². The van der Waals surface area contributed by atoms with Gasteiger partial charge in [-0.2, -0.15) is 0 Å². The normalized spacial score (nSPS) is 23.6. The molecule has 0 saturated carbocycles. The van der Waals surface area contributed by atoms with Gasteiger partial charge in [0.05, 0.1) is 30.9 Å². The van der Waals surface area contributed by atoms with Crippen molar-refractivity contribution in [2.24, 2.45) is 0 Å². The zero-order valence-electron chi connectivity index (χ0n) is 15.3. The molecule has 1 amide bonds. The Morgan fingerprint density at radius 3 is 2.54 bits per heavy atom. The van der Waals surface area contributed by atoms with E-state index >= 15 is 0 Å². The molecule has 1 fully saturated rings. The summed E-state index contributed by atoms with van der Waals surface area (Å²) >= 11 is 0. The number of carbonyl (C=O) groups excluding carboxylic acids is 1. The number of para-hydroxylation sites is 1. The van der Waals surface area contributed by atoms with E-state index in [9.17, 15) is 22.7 Å². The van der Waals surface area contributed by atoms with E-state index < -0.39 is 20.7 Å². The molecule has 0 unspecified atom stereocenters. The van der Waals surface area contributed by atoms with E-state index in [1.165, 1.54) is 22.5 Å². The summed E-state index contributed by atoms with van der Waals surface area (Å²) in [6.07, 6.45) is 0.265. The number of rotatable bonds is 4. The average Bonchev–Trinajstić information content (AvgIpc) is 2.68. The maximum absolute atomic E-state index is 14.3. The lowest BCUT2D eigenvalue weighted by molar-refractivity contribution is -0.149. The fourth-order valence-electron chi connectivity index (χ4n) is 4.38. The largest absolute Gasteiger partial charge is 0.394 e. The van der Waals surface area contributed by atoms with Gasteiger partial charge >= 0.3 is 0 Å². The minimum Gasteiger partial charge on any atom is -0.394 e. The number of likely N-dealkylation sites (tertiary alicyclic amines) is 1. The summed E-state index contributed by atoms with van der Waals surface area (Å²) in [7, 11) is -4.15. The Labute approximate surface area is 163 Å². The maximum atomic E-state index is 14.3. The summed E-state index contributed by atoms with van der Waals surface area (Å²) in [6, 6.07) is 11.5. The molecule has 0 radical (unpaired) electrons. The predicted octanol–water partition coefficient (Wildman–Crippen LogP) is 2.10. The second-order valence-corrected chi connectivity index (χ2v) is 8.85. The highest BCUT2D eigenvalue weighted by atomic mass is 32.2. The minimum absolute atomic E-state index is 0.0284. The second-order valence-electron chi connectivity index (χ2n) is 7.02. The van der Waals surface area contributed by atoms with Crippen LogP contribution in [0.1, 0.15) is 24.8 Å². The lowest BCUT2D eigenvalue weighted by Crippen LogP contribution is -2.70. The van der Waals surface area contributed by atoms with Crippen molar-refractivity contribution in [3.05, 3.63) is 59.9 Å². The van der Waals surface area contributed by atoms with Crippen LogP contribution in [0.15, 0.2) is 53.4 Å². The van der Waals surface area contributed by atoms with E-state index in [1.807, 2.05) is 6.07 Å². The monoisotopic (exact) mass is 404 g/mol. The second kappa shape index (κ2) is 6.86. The number of sulfonamides is 1. The van der Waals surface area contributed by atoms with Crippen LogP contribution in [0.25, 0.3) is 0 Å². The molecule has 148 valence electrons. The first-order valence-electron chi connectivity index (χ1n) is 9.20. The lowest BCUT2D eigenvalue weighted by atomic mass is 9.72. The first kappa shape index (κ1) is 18.9. The molecular formula is C20H21FN2O4S. The van der Waals surface area contributed by atoms with Gasteiger partial charge in [-0.05, 0) is 23.8 Å². The highest BCUT2D eigenvalue weighted by Gasteiger charge is 2.55. The van der Waals surface area contributed by atoms with E-state index in [-0.39, 0.29) is 43.5 Å². The van der Waals surface area contributed by atoms with E-state index in [1.54, 1.807) is 30.0 Å². The molecule has 2 aliphatic heterocycles. The highest BCUT2D eigenvalue weighted by Crippen LogP contribution is 2.49. The molecule has 2 aromatic carbocycles. The smallest absolute Gasteiger partial charge is 0.267 e. The van der Waals surface area contributed by atoms with Gasteiger partial charge in [-0.3, -0.25) is 9.10 Å². The van der Waals surface area contributed by atoms with Crippen molar-refractivity contribution in [2.75, 3.05) is 17.5 Å². The van der Waals surface area contributed by atoms with Crippen LogP contribution < -0.4 is 4.31 Å². The number of nitrogens with zero attached hydrogens (tertiary/aromatic N) is 2. The molecule has 6 nitrogen and oxygen atoms in total. The van der Waals surface area contributed by atoms with Gasteiger partial charge in [0.2, 0.25) is 5.91 Å². The Morgan fingerprint density at radius 2 is 1.86 bits per heavy atom. The average molecular weight is 404 g/mol. The van der Waals surface area contributed by atoms with Crippen LogP contribution in [0.3, 0.4) is 0 Å². The topological polar surface area (TPSA) is 77.9 Å². The van der Waals surface area contributed by atoms with Gasteiger partial charge in [-0.1, -0.05) is 37.3 Å². The number of hydrogen-bond acceptors (Lipinski definition) is 4. The van der Waals surface area contributed by atoms with Crippen molar-refractivity contribution in [1.82, 2.24) is 4.90 Å². The number of fused-ring (bicyclic) bond motifs is 3. The van der Waals surface area contributed by atoms with Crippen molar-refractivity contribution in [3.8, 4) is 0 Å². The molecule has 0 aliphatic carbocycles. The zero-order chi connectivity index (χ0) is 20.1. The molecule has 1 N–H and O–H groups in total. The Balaban J connectivity index is 1.83. The van der Waals surface area contributed by atoms with Crippen molar-refractivity contribution in [1.29, 1.82) is 0 Å². The molecule has 0 spiro atoms. The van der Waals surface area contributed by atoms with Crippen molar-refractivity contribution >= 4 is 21.6 Å². The third-order valence-electron chi connectivity index (χ3n) is 5.64. The molecule has 0 bridgehead atoms. The molecule has 2 aliphatic rings. The summed E-state index contributed by atoms with van der Waals surface area (Å²) in [6.45, 7) is 1.57. The van der Waals surface area contributed by atoms with Crippen LogP contribution in [-0.2, 0) is 14.8 Å². The first-order chi connectivity index (χ1) is 13.4. The fourth-order valence-corrected chi connectivity index (χ4v) is 5.96. The van der Waals surface area contributed by atoms with Gasteiger partial charge in [0, 0.05) is 12.3 Å². The number of amides is 1. The van der Waals surface area contributed by atoms with Gasteiger partial charge in [0.1, 0.15) is 10.7 Å². The number of hydrogen-bond donors (Lipinski definition) is 1. The van der Waals surface area contributed by atoms with Gasteiger partial charge in [0.15, 0.2) is 0 Å². The fraction of sp³-hybridized carbons (Fsp3) is 0.350. The molecule has 28 heavy (non-hydrogen) atoms. The molecule has 8 heteroatoms. The van der Waals surface area contributed by atoms with Gasteiger partial charge in [-0.25, -0.2) is 12.8 Å². The van der Waals surface area contributed by atoms with E-state index in [2.05, 4.69) is 0 Å².